The number of fused-ring (bicyclic) bond motifs is 1. The molecule has 0 aliphatic heterocycles. The Morgan fingerprint density at radius 2 is 1.71 bits per heavy atom. The highest BCUT2D eigenvalue weighted by Crippen LogP contribution is 2.33. The van der Waals surface area contributed by atoms with Gasteiger partial charge >= 0.3 is 6.09 Å². The molecule has 0 N–H and O–H groups in total. The van der Waals surface area contributed by atoms with Gasteiger partial charge in [-0.1, -0.05) is 47.7 Å². The Kier molecular flexibility index (Phi) is 4.41. The van der Waals surface area contributed by atoms with Crippen molar-refractivity contribution in [3.8, 4) is 0 Å². The Bertz CT molecular complexity index is 873. The van der Waals surface area contributed by atoms with Crippen LogP contribution < -0.4 is 0 Å². The van der Waals surface area contributed by atoms with Crippen LogP contribution in [-0.2, 0) is 4.74 Å². The van der Waals surface area contributed by atoms with Crippen LogP contribution in [0.4, 0.5) is 4.79 Å². The summed E-state index contributed by atoms with van der Waals surface area (Å²) in [6.07, 6.45) is -0.349. The van der Waals surface area contributed by atoms with Gasteiger partial charge in [-0.2, -0.15) is 0 Å². The van der Waals surface area contributed by atoms with Gasteiger partial charge in [0, 0.05) is 10.3 Å². The zero-order chi connectivity index (χ0) is 17.3. The predicted octanol–water partition coefficient (Wildman–Crippen LogP) is 5.88. The second kappa shape index (κ2) is 6.36. The number of hydrogen-bond donors (Lipinski definition) is 0. The van der Waals surface area contributed by atoms with Gasteiger partial charge in [-0.25, -0.2) is 9.36 Å². The Labute approximate surface area is 146 Å². The molecule has 0 saturated heterocycles. The maximum absolute atomic E-state index is 12.7. The molecule has 0 bridgehead atoms. The number of aromatic nitrogens is 1. The molecule has 0 unspecified atom stereocenters. The molecule has 1 heterocycles. The van der Waals surface area contributed by atoms with Crippen LogP contribution in [0.5, 0.6) is 0 Å². The predicted molar refractivity (Wildman–Crippen MR) is 98.9 cm³/mol. The van der Waals surface area contributed by atoms with Crippen molar-refractivity contribution in [2.45, 2.75) is 43.2 Å². The summed E-state index contributed by atoms with van der Waals surface area (Å²) >= 11 is 1.57. The van der Waals surface area contributed by atoms with E-state index in [4.69, 9.17) is 4.74 Å². The third-order valence-electron chi connectivity index (χ3n) is 3.50. The molecule has 0 fully saturated rings. The quantitative estimate of drug-likeness (QED) is 0.584. The standard InChI is InChI=1S/C20H21NO2S/c1-14-9-11-16(12-10-14)24-18-13-15-7-5-6-8-17(15)21(18)19(22)23-20(2,3)4/h5-13H,1-4H3. The number of rotatable bonds is 2. The minimum Gasteiger partial charge on any atom is -0.443 e. The number of nitrogens with zero attached hydrogens (tertiary/aromatic N) is 1. The Balaban J connectivity index is 2.04. The normalized spacial score (nSPS) is 11.7. The van der Waals surface area contributed by atoms with Crippen molar-refractivity contribution in [3.05, 3.63) is 60.2 Å². The summed E-state index contributed by atoms with van der Waals surface area (Å²) in [4.78, 5) is 13.8. The van der Waals surface area contributed by atoms with E-state index in [1.165, 1.54) is 5.56 Å². The average molecular weight is 339 g/mol. The van der Waals surface area contributed by atoms with E-state index < -0.39 is 5.60 Å². The van der Waals surface area contributed by atoms with Crippen LogP contribution in [0.2, 0.25) is 0 Å². The number of benzene rings is 2. The number of carbonyl (C=O) groups excluding carboxylic acids is 1. The number of ether oxygens (including phenoxy) is 1. The molecule has 0 aliphatic rings. The molecule has 3 rings (SSSR count). The molecule has 24 heavy (non-hydrogen) atoms. The molecule has 1 aromatic heterocycles. The Morgan fingerprint density at radius 1 is 1.04 bits per heavy atom. The molecule has 0 amide bonds. The number of aryl methyl sites for hydroxylation is 1. The highest BCUT2D eigenvalue weighted by atomic mass is 32.2. The number of para-hydroxylation sites is 1. The van der Waals surface area contributed by atoms with E-state index >= 15 is 0 Å². The number of carbonyl (C=O) groups is 1. The van der Waals surface area contributed by atoms with Gasteiger partial charge in [0.2, 0.25) is 0 Å². The van der Waals surface area contributed by atoms with Crippen molar-refractivity contribution >= 4 is 28.8 Å². The summed E-state index contributed by atoms with van der Waals surface area (Å²) in [7, 11) is 0. The fourth-order valence-corrected chi connectivity index (χ4v) is 3.39. The van der Waals surface area contributed by atoms with Crippen molar-refractivity contribution in [1.29, 1.82) is 0 Å². The second-order valence-electron chi connectivity index (χ2n) is 6.77. The van der Waals surface area contributed by atoms with Gasteiger partial charge in [-0.15, -0.1) is 0 Å². The van der Waals surface area contributed by atoms with Crippen LogP contribution in [-0.4, -0.2) is 16.3 Å². The molecule has 0 aliphatic carbocycles. The third-order valence-corrected chi connectivity index (χ3v) is 4.51. The van der Waals surface area contributed by atoms with Crippen LogP contribution in [0.25, 0.3) is 10.9 Å². The first kappa shape index (κ1) is 16.7. The van der Waals surface area contributed by atoms with E-state index in [1.54, 1.807) is 16.3 Å². The zero-order valence-electron chi connectivity index (χ0n) is 14.4. The molecule has 0 radical (unpaired) electrons. The summed E-state index contributed by atoms with van der Waals surface area (Å²) in [5.74, 6) is 0. The lowest BCUT2D eigenvalue weighted by atomic mass is 10.2. The van der Waals surface area contributed by atoms with E-state index in [1.807, 2.05) is 51.1 Å². The van der Waals surface area contributed by atoms with E-state index in [0.717, 1.165) is 20.8 Å². The van der Waals surface area contributed by atoms with Crippen LogP contribution in [0.3, 0.4) is 0 Å². The maximum Gasteiger partial charge on any atom is 0.419 e. The van der Waals surface area contributed by atoms with Gasteiger partial charge in [0.05, 0.1) is 10.5 Å². The molecule has 3 nitrogen and oxygen atoms in total. The first-order chi connectivity index (χ1) is 11.3. The van der Waals surface area contributed by atoms with Gasteiger partial charge in [0.25, 0.3) is 0 Å². The van der Waals surface area contributed by atoms with E-state index in [0.29, 0.717) is 0 Å². The zero-order valence-corrected chi connectivity index (χ0v) is 15.2. The summed E-state index contributed by atoms with van der Waals surface area (Å²) < 4.78 is 7.26. The maximum atomic E-state index is 12.7. The van der Waals surface area contributed by atoms with Gasteiger partial charge < -0.3 is 4.74 Å². The SMILES string of the molecule is Cc1ccc(Sc2cc3ccccc3n2C(=O)OC(C)(C)C)cc1. The molecule has 3 aromatic rings. The summed E-state index contributed by atoms with van der Waals surface area (Å²) in [6.45, 7) is 7.70. The molecule has 124 valence electrons. The van der Waals surface area contributed by atoms with Gasteiger partial charge in [-0.3, -0.25) is 0 Å². The first-order valence-corrected chi connectivity index (χ1v) is 8.73. The van der Waals surface area contributed by atoms with E-state index in [-0.39, 0.29) is 6.09 Å². The fourth-order valence-electron chi connectivity index (χ4n) is 2.43. The first-order valence-electron chi connectivity index (χ1n) is 7.92. The topological polar surface area (TPSA) is 31.2 Å². The third kappa shape index (κ3) is 3.65. The van der Waals surface area contributed by atoms with Crippen LogP contribution in [0.1, 0.15) is 26.3 Å². The summed E-state index contributed by atoms with van der Waals surface area (Å²) in [5.41, 5.74) is 1.54. The smallest absolute Gasteiger partial charge is 0.419 e. The molecular formula is C20H21NO2S. The molecule has 0 spiro atoms. The minimum atomic E-state index is -0.533. The highest BCUT2D eigenvalue weighted by molar-refractivity contribution is 7.99. The van der Waals surface area contributed by atoms with Crippen molar-refractivity contribution in [2.75, 3.05) is 0 Å². The summed E-state index contributed by atoms with van der Waals surface area (Å²) in [6, 6.07) is 18.2. The lowest BCUT2D eigenvalue weighted by Crippen LogP contribution is -2.27. The van der Waals surface area contributed by atoms with Gasteiger partial charge in [-0.05, 0) is 52.0 Å². The largest absolute Gasteiger partial charge is 0.443 e. The monoisotopic (exact) mass is 339 g/mol. The Morgan fingerprint density at radius 3 is 2.38 bits per heavy atom. The molecular weight excluding hydrogens is 318 g/mol. The molecule has 0 atom stereocenters. The van der Waals surface area contributed by atoms with Crippen LogP contribution in [0.15, 0.2) is 64.5 Å². The van der Waals surface area contributed by atoms with Crippen molar-refractivity contribution in [2.24, 2.45) is 0 Å². The highest BCUT2D eigenvalue weighted by Gasteiger charge is 2.22. The minimum absolute atomic E-state index is 0.349. The molecule has 0 saturated carbocycles. The Hall–Kier alpha value is -2.20. The fraction of sp³-hybridized carbons (Fsp3) is 0.250. The van der Waals surface area contributed by atoms with Crippen molar-refractivity contribution in [3.63, 3.8) is 0 Å². The number of hydrogen-bond acceptors (Lipinski definition) is 3. The van der Waals surface area contributed by atoms with Crippen molar-refractivity contribution in [1.82, 2.24) is 4.57 Å². The summed E-state index contributed by atoms with van der Waals surface area (Å²) in [5, 5.41) is 1.88. The lowest BCUT2D eigenvalue weighted by molar-refractivity contribution is 0.0532. The van der Waals surface area contributed by atoms with Crippen molar-refractivity contribution < 1.29 is 9.53 Å². The van der Waals surface area contributed by atoms with Crippen LogP contribution >= 0.6 is 11.8 Å². The average Bonchev–Trinajstić information content (AvgIpc) is 2.85. The molecule has 2 aromatic carbocycles. The van der Waals surface area contributed by atoms with E-state index in [2.05, 4.69) is 31.2 Å². The second-order valence-corrected chi connectivity index (χ2v) is 7.87. The molecule has 4 heteroatoms. The van der Waals surface area contributed by atoms with Crippen LogP contribution in [0, 0.1) is 6.92 Å². The van der Waals surface area contributed by atoms with Gasteiger partial charge in [0.1, 0.15) is 5.60 Å². The lowest BCUT2D eigenvalue weighted by Gasteiger charge is -2.20. The van der Waals surface area contributed by atoms with Gasteiger partial charge in [0.15, 0.2) is 0 Å². The van der Waals surface area contributed by atoms with E-state index in [9.17, 15) is 4.79 Å².